The van der Waals surface area contributed by atoms with Crippen LogP contribution in [0, 0.1) is 22.7 Å². The number of nitrogens with one attached hydrogen (secondary N) is 1. The van der Waals surface area contributed by atoms with Crippen LogP contribution in [0.1, 0.15) is 40.6 Å². The third-order valence-electron chi connectivity index (χ3n) is 3.51. The van der Waals surface area contributed by atoms with Gasteiger partial charge >= 0.3 is 5.97 Å². The fourth-order valence-electron chi connectivity index (χ4n) is 2.37. The zero-order valence-corrected chi connectivity index (χ0v) is 12.6. The van der Waals surface area contributed by atoms with E-state index >= 15 is 0 Å². The van der Waals surface area contributed by atoms with Crippen LogP contribution in [-0.2, 0) is 22.4 Å². The molecule has 1 aliphatic carbocycles. The lowest BCUT2D eigenvalue weighted by Gasteiger charge is -2.12. The molecule has 0 aliphatic heterocycles. The fourth-order valence-corrected chi connectivity index (χ4v) is 3.49. The maximum atomic E-state index is 12.1. The predicted molar refractivity (Wildman–Crippen MR) is 78.8 cm³/mol. The highest BCUT2D eigenvalue weighted by Crippen LogP contribution is 2.30. The minimum Gasteiger partial charge on any atom is -0.454 e. The average Bonchev–Trinajstić information content (AvgIpc) is 2.89. The zero-order chi connectivity index (χ0) is 15.4. The van der Waals surface area contributed by atoms with Crippen molar-refractivity contribution in [2.24, 2.45) is 5.92 Å². The van der Waals surface area contributed by atoms with Crippen LogP contribution >= 0.6 is 11.3 Å². The van der Waals surface area contributed by atoms with Crippen molar-refractivity contribution in [1.29, 1.82) is 10.7 Å². The number of fused-ring (bicyclic) bond motifs is 1. The number of nitrogens with zero attached hydrogens (tertiary/aromatic N) is 1. The number of ketones is 1. The Morgan fingerprint density at radius 1 is 1.48 bits per heavy atom. The Labute approximate surface area is 127 Å². The van der Waals surface area contributed by atoms with Crippen molar-refractivity contribution >= 4 is 28.8 Å². The second kappa shape index (κ2) is 6.64. The standard InChI is InChI=1S/C15H16N2O3S/c1-9(17)11(6-16)13(18)7-20-15(19)12-8-21-14-5-3-2-4-10(12)14/h8,11,17H,2-5,7H2,1H3. The summed E-state index contributed by atoms with van der Waals surface area (Å²) in [6.07, 6.45) is 4.07. The highest BCUT2D eigenvalue weighted by molar-refractivity contribution is 7.10. The van der Waals surface area contributed by atoms with Gasteiger partial charge in [0.25, 0.3) is 0 Å². The molecule has 1 aromatic heterocycles. The Hall–Kier alpha value is -2.00. The highest BCUT2D eigenvalue weighted by Gasteiger charge is 2.24. The molecule has 0 saturated heterocycles. The molecule has 5 nitrogen and oxygen atoms in total. The van der Waals surface area contributed by atoms with Gasteiger partial charge in [-0.2, -0.15) is 5.26 Å². The lowest BCUT2D eigenvalue weighted by Crippen LogP contribution is -2.25. The molecule has 0 spiro atoms. The normalized spacial score (nSPS) is 14.7. The monoisotopic (exact) mass is 304 g/mol. The predicted octanol–water partition coefficient (Wildman–Crippen LogP) is 2.53. The van der Waals surface area contributed by atoms with Gasteiger partial charge in [-0.1, -0.05) is 0 Å². The number of esters is 1. The number of hydrogen-bond donors (Lipinski definition) is 1. The van der Waals surface area contributed by atoms with E-state index in [4.69, 9.17) is 15.4 Å². The number of hydrogen-bond acceptors (Lipinski definition) is 6. The van der Waals surface area contributed by atoms with Gasteiger partial charge < -0.3 is 10.1 Å². The fraction of sp³-hybridized carbons (Fsp3) is 0.467. The van der Waals surface area contributed by atoms with Crippen LogP contribution in [0.25, 0.3) is 0 Å². The molecule has 6 heteroatoms. The second-order valence-electron chi connectivity index (χ2n) is 5.05. The number of ether oxygens (including phenoxy) is 1. The van der Waals surface area contributed by atoms with E-state index in [1.165, 1.54) is 11.8 Å². The number of carbonyl (C=O) groups is 2. The molecule has 0 saturated carbocycles. The van der Waals surface area contributed by atoms with E-state index in [1.54, 1.807) is 22.8 Å². The van der Waals surface area contributed by atoms with Gasteiger partial charge in [-0.25, -0.2) is 4.79 Å². The highest BCUT2D eigenvalue weighted by atomic mass is 32.1. The van der Waals surface area contributed by atoms with E-state index in [0.717, 1.165) is 31.2 Å². The molecule has 0 aromatic carbocycles. The molecule has 2 rings (SSSR count). The first-order chi connectivity index (χ1) is 10.0. The van der Waals surface area contributed by atoms with Crippen molar-refractivity contribution in [2.45, 2.75) is 32.6 Å². The molecule has 0 radical (unpaired) electrons. The van der Waals surface area contributed by atoms with Crippen LogP contribution in [0.5, 0.6) is 0 Å². The summed E-state index contributed by atoms with van der Waals surface area (Å²) in [5.41, 5.74) is 1.55. The minimum atomic E-state index is -1.13. The van der Waals surface area contributed by atoms with Crippen LogP contribution in [-0.4, -0.2) is 24.1 Å². The van der Waals surface area contributed by atoms with Gasteiger partial charge in [0.1, 0.15) is 5.92 Å². The molecule has 21 heavy (non-hydrogen) atoms. The van der Waals surface area contributed by atoms with Gasteiger partial charge in [-0.15, -0.1) is 11.3 Å². The van der Waals surface area contributed by atoms with Crippen molar-refractivity contribution in [1.82, 2.24) is 0 Å². The molecule has 1 heterocycles. The van der Waals surface area contributed by atoms with E-state index in [2.05, 4.69) is 0 Å². The lowest BCUT2D eigenvalue weighted by molar-refractivity contribution is -0.122. The maximum Gasteiger partial charge on any atom is 0.339 e. The van der Waals surface area contributed by atoms with E-state index in [1.807, 2.05) is 0 Å². The topological polar surface area (TPSA) is 91.0 Å². The first-order valence-corrected chi connectivity index (χ1v) is 7.66. The number of Topliss-reactive ketones (excluding diaryl/α,β-unsaturated/α-hetero) is 1. The zero-order valence-electron chi connectivity index (χ0n) is 11.8. The first-order valence-electron chi connectivity index (χ1n) is 6.78. The second-order valence-corrected chi connectivity index (χ2v) is 6.01. The summed E-state index contributed by atoms with van der Waals surface area (Å²) in [4.78, 5) is 25.0. The molecule has 0 bridgehead atoms. The van der Waals surface area contributed by atoms with Gasteiger partial charge in [-0.05, 0) is 38.2 Å². The Bertz CT molecular complexity index is 627. The summed E-state index contributed by atoms with van der Waals surface area (Å²) in [5, 5.41) is 18.0. The average molecular weight is 304 g/mol. The summed E-state index contributed by atoms with van der Waals surface area (Å²) in [5.74, 6) is -2.20. The molecular formula is C15H16N2O3S. The van der Waals surface area contributed by atoms with Crippen molar-refractivity contribution in [3.63, 3.8) is 0 Å². The quantitative estimate of drug-likeness (QED) is 0.668. The summed E-state index contributed by atoms with van der Waals surface area (Å²) < 4.78 is 5.02. The minimum absolute atomic E-state index is 0.0357. The molecule has 110 valence electrons. The van der Waals surface area contributed by atoms with Crippen molar-refractivity contribution in [3.05, 3.63) is 21.4 Å². The largest absolute Gasteiger partial charge is 0.454 e. The number of carbonyl (C=O) groups excluding carboxylic acids is 2. The summed E-state index contributed by atoms with van der Waals surface area (Å²) in [6.45, 7) is 0.931. The van der Waals surface area contributed by atoms with Gasteiger partial charge in [0.2, 0.25) is 0 Å². The number of rotatable bonds is 5. The smallest absolute Gasteiger partial charge is 0.339 e. The van der Waals surface area contributed by atoms with Crippen molar-refractivity contribution < 1.29 is 14.3 Å². The van der Waals surface area contributed by atoms with E-state index in [0.29, 0.717) is 5.56 Å². The summed E-state index contributed by atoms with van der Waals surface area (Å²) >= 11 is 1.56. The number of thiophene rings is 1. The van der Waals surface area contributed by atoms with Crippen LogP contribution < -0.4 is 0 Å². The molecule has 1 aromatic rings. The molecule has 0 fully saturated rings. The first kappa shape index (κ1) is 15.4. The third kappa shape index (κ3) is 3.37. The maximum absolute atomic E-state index is 12.1. The van der Waals surface area contributed by atoms with E-state index in [-0.39, 0.29) is 5.71 Å². The number of nitriles is 1. The van der Waals surface area contributed by atoms with Crippen molar-refractivity contribution in [3.8, 4) is 6.07 Å². The summed E-state index contributed by atoms with van der Waals surface area (Å²) in [6, 6.07) is 1.75. The number of aryl methyl sites for hydroxylation is 1. The van der Waals surface area contributed by atoms with Crippen LogP contribution in [0.2, 0.25) is 0 Å². The van der Waals surface area contributed by atoms with Crippen LogP contribution in [0.4, 0.5) is 0 Å². The molecule has 1 atom stereocenters. The Morgan fingerprint density at radius 3 is 2.86 bits per heavy atom. The Kier molecular flexibility index (Phi) is 4.86. The van der Waals surface area contributed by atoms with Gasteiger partial charge in [0.15, 0.2) is 12.4 Å². The lowest BCUT2D eigenvalue weighted by atomic mass is 9.96. The SMILES string of the molecule is CC(=N)C(C#N)C(=O)COC(=O)c1csc2c1CCCC2. The van der Waals surface area contributed by atoms with E-state index in [9.17, 15) is 9.59 Å². The summed E-state index contributed by atoms with van der Waals surface area (Å²) in [7, 11) is 0. The molecule has 1 aliphatic rings. The van der Waals surface area contributed by atoms with E-state index < -0.39 is 24.3 Å². The molecule has 0 amide bonds. The van der Waals surface area contributed by atoms with Gasteiger partial charge in [0, 0.05) is 16.0 Å². The van der Waals surface area contributed by atoms with Crippen molar-refractivity contribution in [2.75, 3.05) is 6.61 Å². The molecule has 1 unspecified atom stereocenters. The van der Waals surface area contributed by atoms with Crippen LogP contribution in [0.3, 0.4) is 0 Å². The molecule has 1 N–H and O–H groups in total. The third-order valence-corrected chi connectivity index (χ3v) is 4.60. The Balaban J connectivity index is 2.00. The Morgan fingerprint density at radius 2 is 2.19 bits per heavy atom. The van der Waals surface area contributed by atoms with Gasteiger partial charge in [0.05, 0.1) is 11.6 Å². The van der Waals surface area contributed by atoms with Crippen LogP contribution in [0.15, 0.2) is 5.38 Å². The van der Waals surface area contributed by atoms with Gasteiger partial charge in [-0.3, -0.25) is 4.79 Å². The molecular weight excluding hydrogens is 288 g/mol.